The predicted molar refractivity (Wildman–Crippen MR) is 76.9 cm³/mol. The maximum Gasteiger partial charge on any atom is 0.419 e. The Bertz CT molecular complexity index is 551. The van der Waals surface area contributed by atoms with E-state index < -0.39 is 23.7 Å². The topological polar surface area (TPSA) is 64.8 Å². The lowest BCUT2D eigenvalue weighted by Gasteiger charge is -2.22. The molecule has 1 amide bonds. The summed E-state index contributed by atoms with van der Waals surface area (Å²) in [5.41, 5.74) is 4.53. The Kier molecular flexibility index (Phi) is 5.48. The molecule has 0 unspecified atom stereocenters. The van der Waals surface area contributed by atoms with Crippen LogP contribution in [0.5, 0.6) is 5.75 Å². The normalized spacial score (nSPS) is 22.3. The Morgan fingerprint density at radius 3 is 2.70 bits per heavy atom. The number of nitrogens with two attached hydrogens (primary N) is 1. The zero-order valence-electron chi connectivity index (χ0n) is 12.7. The maximum absolute atomic E-state index is 12.9. The van der Waals surface area contributed by atoms with Crippen LogP contribution < -0.4 is 10.5 Å². The third-order valence-corrected chi connectivity index (χ3v) is 3.86. The molecule has 0 radical (unpaired) electrons. The minimum atomic E-state index is -4.47. The molecule has 5 nitrogen and oxygen atoms in total. The molecular formula is C15H19F3N2O3. The summed E-state index contributed by atoms with van der Waals surface area (Å²) in [5, 5.41) is 0. The number of hydrogen-bond acceptors (Lipinski definition) is 4. The van der Waals surface area contributed by atoms with Crippen molar-refractivity contribution in [1.29, 1.82) is 0 Å². The summed E-state index contributed by atoms with van der Waals surface area (Å²) in [6, 6.07) is 4.55. The minimum absolute atomic E-state index is 0.0211. The molecule has 0 saturated carbocycles. The Morgan fingerprint density at radius 1 is 1.39 bits per heavy atom. The van der Waals surface area contributed by atoms with E-state index in [-0.39, 0.29) is 18.5 Å². The van der Waals surface area contributed by atoms with E-state index >= 15 is 0 Å². The van der Waals surface area contributed by atoms with Crippen LogP contribution in [0.15, 0.2) is 24.3 Å². The SMILES string of the molecule is CO[C@H]1C[C@@H](C(N)=O)N(CCOc2ccccc2C(F)(F)F)C1. The number of carbonyl (C=O) groups is 1. The number of hydrogen-bond donors (Lipinski definition) is 1. The zero-order valence-corrected chi connectivity index (χ0v) is 12.7. The number of primary amides is 1. The van der Waals surface area contributed by atoms with Crippen molar-refractivity contribution >= 4 is 5.91 Å². The first-order valence-electron chi connectivity index (χ1n) is 7.18. The highest BCUT2D eigenvalue weighted by atomic mass is 19.4. The highest BCUT2D eigenvalue weighted by Gasteiger charge is 2.36. The Morgan fingerprint density at radius 2 is 2.09 bits per heavy atom. The van der Waals surface area contributed by atoms with Crippen molar-refractivity contribution in [2.24, 2.45) is 5.73 Å². The molecule has 1 fully saturated rings. The fourth-order valence-corrected chi connectivity index (χ4v) is 2.67. The molecule has 23 heavy (non-hydrogen) atoms. The average Bonchev–Trinajstić information content (AvgIpc) is 2.90. The van der Waals surface area contributed by atoms with Gasteiger partial charge < -0.3 is 15.2 Å². The second-order valence-corrected chi connectivity index (χ2v) is 5.35. The summed E-state index contributed by atoms with van der Waals surface area (Å²) in [7, 11) is 1.54. The first-order valence-corrected chi connectivity index (χ1v) is 7.18. The highest BCUT2D eigenvalue weighted by molar-refractivity contribution is 5.80. The summed E-state index contributed by atoms with van der Waals surface area (Å²) >= 11 is 0. The number of para-hydroxylation sites is 1. The number of amides is 1. The van der Waals surface area contributed by atoms with Crippen molar-refractivity contribution < 1.29 is 27.4 Å². The third kappa shape index (κ3) is 4.35. The minimum Gasteiger partial charge on any atom is -0.492 e. The van der Waals surface area contributed by atoms with Gasteiger partial charge in [0.2, 0.25) is 5.91 Å². The number of nitrogens with zero attached hydrogens (tertiary/aromatic N) is 1. The van der Waals surface area contributed by atoms with Gasteiger partial charge in [-0.25, -0.2) is 0 Å². The number of benzene rings is 1. The van der Waals surface area contributed by atoms with Crippen LogP contribution in [0.2, 0.25) is 0 Å². The van der Waals surface area contributed by atoms with Gasteiger partial charge in [-0.1, -0.05) is 12.1 Å². The lowest BCUT2D eigenvalue weighted by atomic mass is 10.2. The van der Waals surface area contributed by atoms with E-state index in [1.807, 2.05) is 0 Å². The molecule has 1 aromatic rings. The van der Waals surface area contributed by atoms with Gasteiger partial charge in [0.1, 0.15) is 12.4 Å². The molecule has 1 aliphatic heterocycles. The Balaban J connectivity index is 1.96. The summed E-state index contributed by atoms with van der Waals surface area (Å²) in [4.78, 5) is 13.2. The van der Waals surface area contributed by atoms with Crippen LogP contribution >= 0.6 is 0 Å². The molecule has 1 aliphatic rings. The van der Waals surface area contributed by atoms with Crippen LogP contribution in [0.1, 0.15) is 12.0 Å². The van der Waals surface area contributed by atoms with Crippen LogP contribution in [0.4, 0.5) is 13.2 Å². The van der Waals surface area contributed by atoms with Crippen LogP contribution in [0, 0.1) is 0 Å². The van der Waals surface area contributed by atoms with Gasteiger partial charge in [-0.3, -0.25) is 9.69 Å². The van der Waals surface area contributed by atoms with Gasteiger partial charge >= 0.3 is 6.18 Å². The van der Waals surface area contributed by atoms with Crippen molar-refractivity contribution in [1.82, 2.24) is 4.90 Å². The molecule has 2 N–H and O–H groups in total. The van der Waals surface area contributed by atoms with Crippen LogP contribution in [0.3, 0.4) is 0 Å². The van der Waals surface area contributed by atoms with Crippen LogP contribution in [-0.2, 0) is 15.7 Å². The number of halogens is 3. The molecule has 1 heterocycles. The van der Waals surface area contributed by atoms with Crippen molar-refractivity contribution in [3.63, 3.8) is 0 Å². The van der Waals surface area contributed by atoms with Gasteiger partial charge in [-0.05, 0) is 18.6 Å². The number of methoxy groups -OCH3 is 1. The Labute approximate surface area is 132 Å². The van der Waals surface area contributed by atoms with Gasteiger partial charge in [0.15, 0.2) is 0 Å². The number of ether oxygens (including phenoxy) is 2. The fourth-order valence-electron chi connectivity index (χ4n) is 2.67. The van der Waals surface area contributed by atoms with Crippen molar-refractivity contribution in [3.8, 4) is 5.75 Å². The van der Waals surface area contributed by atoms with Crippen molar-refractivity contribution in [2.75, 3.05) is 26.8 Å². The van der Waals surface area contributed by atoms with Gasteiger partial charge in [0.25, 0.3) is 0 Å². The Hall–Kier alpha value is -1.80. The molecule has 0 aliphatic carbocycles. The van der Waals surface area contributed by atoms with E-state index in [9.17, 15) is 18.0 Å². The van der Waals surface area contributed by atoms with Crippen molar-refractivity contribution in [2.45, 2.75) is 24.7 Å². The molecular weight excluding hydrogens is 313 g/mol. The summed E-state index contributed by atoms with van der Waals surface area (Å²) in [5.74, 6) is -0.696. The van der Waals surface area contributed by atoms with E-state index in [1.165, 1.54) is 18.2 Å². The standard InChI is InChI=1S/C15H19F3N2O3/c1-22-10-8-12(14(19)21)20(9-10)6-7-23-13-5-3-2-4-11(13)15(16,17)18/h2-5,10,12H,6-9H2,1H3,(H2,19,21)/t10-,12-/m0/s1. The van der Waals surface area contributed by atoms with E-state index in [2.05, 4.69) is 0 Å². The fraction of sp³-hybridized carbons (Fsp3) is 0.533. The molecule has 1 aromatic carbocycles. The average molecular weight is 332 g/mol. The molecule has 0 spiro atoms. The lowest BCUT2D eigenvalue weighted by Crippen LogP contribution is -2.42. The number of alkyl halides is 3. The van der Waals surface area contributed by atoms with E-state index in [1.54, 1.807) is 12.0 Å². The number of carbonyl (C=O) groups excluding carboxylic acids is 1. The van der Waals surface area contributed by atoms with Crippen molar-refractivity contribution in [3.05, 3.63) is 29.8 Å². The summed E-state index contributed by atoms with van der Waals surface area (Å²) < 4.78 is 49.1. The molecule has 0 bridgehead atoms. The second-order valence-electron chi connectivity index (χ2n) is 5.35. The molecule has 1 saturated heterocycles. The smallest absolute Gasteiger partial charge is 0.419 e. The van der Waals surface area contributed by atoms with Gasteiger partial charge in [-0.15, -0.1) is 0 Å². The quantitative estimate of drug-likeness (QED) is 0.860. The van der Waals surface area contributed by atoms with E-state index in [4.69, 9.17) is 15.2 Å². The lowest BCUT2D eigenvalue weighted by molar-refractivity contribution is -0.139. The number of rotatable bonds is 6. The predicted octanol–water partition coefficient (Wildman–Crippen LogP) is 1.66. The zero-order chi connectivity index (χ0) is 17.0. The maximum atomic E-state index is 12.9. The molecule has 2 rings (SSSR count). The number of likely N-dealkylation sites (tertiary alicyclic amines) is 1. The molecule has 2 atom stereocenters. The first-order chi connectivity index (χ1) is 10.8. The summed E-state index contributed by atoms with van der Waals surface area (Å²) in [6.45, 7) is 0.807. The third-order valence-electron chi connectivity index (χ3n) is 3.86. The molecule has 0 aromatic heterocycles. The first kappa shape index (κ1) is 17.6. The second kappa shape index (κ2) is 7.18. The van der Waals surface area contributed by atoms with Gasteiger partial charge in [-0.2, -0.15) is 13.2 Å². The highest BCUT2D eigenvalue weighted by Crippen LogP contribution is 2.35. The van der Waals surface area contributed by atoms with Gasteiger partial charge in [0, 0.05) is 20.2 Å². The van der Waals surface area contributed by atoms with Crippen LogP contribution in [0.25, 0.3) is 0 Å². The van der Waals surface area contributed by atoms with Crippen LogP contribution in [-0.4, -0.2) is 49.8 Å². The largest absolute Gasteiger partial charge is 0.492 e. The molecule has 128 valence electrons. The van der Waals surface area contributed by atoms with E-state index in [0.29, 0.717) is 19.5 Å². The summed E-state index contributed by atoms with van der Waals surface area (Å²) in [6.07, 6.45) is -4.11. The molecule has 8 heteroatoms. The van der Waals surface area contributed by atoms with E-state index in [0.717, 1.165) is 6.07 Å². The monoisotopic (exact) mass is 332 g/mol. The van der Waals surface area contributed by atoms with Gasteiger partial charge in [0.05, 0.1) is 17.7 Å².